The first-order valence-corrected chi connectivity index (χ1v) is 6.05. The molecule has 80 valence electrons. The zero-order valence-electron chi connectivity index (χ0n) is 8.05. The van der Waals surface area contributed by atoms with E-state index in [1.165, 1.54) is 11.2 Å². The summed E-state index contributed by atoms with van der Waals surface area (Å²) in [7, 11) is -3.53. The fraction of sp³-hybridized carbons (Fsp3) is 0.875. The van der Waals surface area contributed by atoms with Crippen molar-refractivity contribution in [1.29, 1.82) is 5.26 Å². The van der Waals surface area contributed by atoms with E-state index in [0.29, 0.717) is 19.4 Å². The van der Waals surface area contributed by atoms with Gasteiger partial charge in [-0.05, 0) is 19.8 Å². The van der Waals surface area contributed by atoms with Gasteiger partial charge in [0.15, 0.2) is 5.25 Å². The number of aliphatic hydroxyl groups excluding tert-OH is 1. The lowest BCUT2D eigenvalue weighted by atomic mass is 10.1. The van der Waals surface area contributed by atoms with Gasteiger partial charge in [-0.15, -0.1) is 0 Å². The van der Waals surface area contributed by atoms with E-state index in [1.807, 2.05) is 0 Å². The number of nitriles is 1. The monoisotopic (exact) mass is 218 g/mol. The van der Waals surface area contributed by atoms with Crippen LogP contribution in [0.2, 0.25) is 0 Å². The summed E-state index contributed by atoms with van der Waals surface area (Å²) in [6.45, 7) is 1.89. The predicted molar refractivity (Wildman–Crippen MR) is 50.8 cm³/mol. The van der Waals surface area contributed by atoms with Crippen LogP contribution in [0.25, 0.3) is 0 Å². The van der Waals surface area contributed by atoms with E-state index in [1.54, 1.807) is 6.07 Å². The van der Waals surface area contributed by atoms with E-state index in [9.17, 15) is 13.5 Å². The molecule has 1 N–H and O–H groups in total. The standard InChI is InChI=1S/C8H14N2O3S/c1-7(5-9)14(12,13)10-4-2-3-8(11)6-10/h7-8,11H,2-4,6H2,1H3. The fourth-order valence-electron chi connectivity index (χ4n) is 1.44. The van der Waals surface area contributed by atoms with Crippen LogP contribution in [0.3, 0.4) is 0 Å². The third-order valence-electron chi connectivity index (χ3n) is 2.35. The van der Waals surface area contributed by atoms with E-state index in [0.717, 1.165) is 0 Å². The Kier molecular flexibility index (Phi) is 3.48. The normalized spacial score (nSPS) is 26.8. The molecule has 0 aliphatic carbocycles. The Morgan fingerprint density at radius 2 is 2.29 bits per heavy atom. The molecule has 2 atom stereocenters. The first kappa shape index (κ1) is 11.4. The largest absolute Gasteiger partial charge is 0.392 e. The summed E-state index contributed by atoms with van der Waals surface area (Å²) in [6.07, 6.45) is 0.690. The van der Waals surface area contributed by atoms with E-state index in [2.05, 4.69) is 0 Å². The number of β-amino-alcohol motifs (C(OH)–C–C–N with tert-alkyl or cyclic N) is 1. The summed E-state index contributed by atoms with van der Waals surface area (Å²) >= 11 is 0. The Morgan fingerprint density at radius 1 is 1.64 bits per heavy atom. The lowest BCUT2D eigenvalue weighted by Crippen LogP contribution is -2.45. The van der Waals surface area contributed by atoms with Crippen molar-refractivity contribution in [2.45, 2.75) is 31.1 Å². The van der Waals surface area contributed by atoms with E-state index in [-0.39, 0.29) is 6.54 Å². The summed E-state index contributed by atoms with van der Waals surface area (Å²) in [5.74, 6) is 0. The van der Waals surface area contributed by atoms with Crippen molar-refractivity contribution in [2.75, 3.05) is 13.1 Å². The number of sulfonamides is 1. The molecule has 14 heavy (non-hydrogen) atoms. The molecule has 1 aliphatic heterocycles. The van der Waals surface area contributed by atoms with Gasteiger partial charge in [0.2, 0.25) is 10.0 Å². The summed E-state index contributed by atoms with van der Waals surface area (Å²) in [5, 5.41) is 16.8. The van der Waals surface area contributed by atoms with Crippen molar-refractivity contribution in [3.05, 3.63) is 0 Å². The zero-order chi connectivity index (χ0) is 10.8. The summed E-state index contributed by atoms with van der Waals surface area (Å²) < 4.78 is 24.5. The molecule has 0 aromatic heterocycles. The van der Waals surface area contributed by atoms with Crippen molar-refractivity contribution in [3.63, 3.8) is 0 Å². The lowest BCUT2D eigenvalue weighted by Gasteiger charge is -2.29. The van der Waals surface area contributed by atoms with Crippen LogP contribution >= 0.6 is 0 Å². The third kappa shape index (κ3) is 2.23. The summed E-state index contributed by atoms with van der Waals surface area (Å²) in [4.78, 5) is 0. The smallest absolute Gasteiger partial charge is 0.230 e. The quantitative estimate of drug-likeness (QED) is 0.689. The minimum atomic E-state index is -3.53. The zero-order valence-corrected chi connectivity index (χ0v) is 8.87. The molecule has 6 heteroatoms. The molecule has 0 aromatic carbocycles. The molecule has 0 amide bonds. The number of aliphatic hydroxyl groups is 1. The molecule has 0 saturated carbocycles. The maximum Gasteiger partial charge on any atom is 0.230 e. The van der Waals surface area contributed by atoms with Crippen LogP contribution in [-0.2, 0) is 10.0 Å². The number of nitrogens with zero attached hydrogens (tertiary/aromatic N) is 2. The molecule has 0 bridgehead atoms. The molecule has 0 aromatic rings. The highest BCUT2D eigenvalue weighted by Crippen LogP contribution is 2.16. The number of piperidine rings is 1. The molecule has 0 spiro atoms. The Labute approximate surface area is 84.0 Å². The second-order valence-electron chi connectivity index (χ2n) is 3.47. The second kappa shape index (κ2) is 4.26. The molecule has 2 unspecified atom stereocenters. The third-order valence-corrected chi connectivity index (χ3v) is 4.40. The highest BCUT2D eigenvalue weighted by atomic mass is 32.2. The average Bonchev–Trinajstić information content (AvgIpc) is 2.16. The van der Waals surface area contributed by atoms with Gasteiger partial charge in [-0.1, -0.05) is 0 Å². The Balaban J connectivity index is 2.78. The predicted octanol–water partition coefficient (Wildman–Crippen LogP) is -0.315. The van der Waals surface area contributed by atoms with Crippen molar-refractivity contribution < 1.29 is 13.5 Å². The minimum Gasteiger partial charge on any atom is -0.392 e. The highest BCUT2D eigenvalue weighted by Gasteiger charge is 2.32. The number of rotatable bonds is 2. The van der Waals surface area contributed by atoms with Crippen LogP contribution < -0.4 is 0 Å². The van der Waals surface area contributed by atoms with Crippen LogP contribution in [0.15, 0.2) is 0 Å². The van der Waals surface area contributed by atoms with Crippen LogP contribution in [0, 0.1) is 11.3 Å². The average molecular weight is 218 g/mol. The van der Waals surface area contributed by atoms with Gasteiger partial charge in [-0.25, -0.2) is 8.42 Å². The van der Waals surface area contributed by atoms with Crippen LogP contribution in [0.4, 0.5) is 0 Å². The molecule has 0 radical (unpaired) electrons. The van der Waals surface area contributed by atoms with E-state index in [4.69, 9.17) is 5.26 Å². The lowest BCUT2D eigenvalue weighted by molar-refractivity contribution is 0.108. The molecule has 1 fully saturated rings. The van der Waals surface area contributed by atoms with Gasteiger partial charge in [0.05, 0.1) is 12.2 Å². The number of hydrogen-bond acceptors (Lipinski definition) is 4. The Bertz CT molecular complexity index is 333. The topological polar surface area (TPSA) is 81.4 Å². The van der Waals surface area contributed by atoms with Crippen molar-refractivity contribution in [2.24, 2.45) is 0 Å². The molecule has 1 rings (SSSR count). The number of hydrogen-bond donors (Lipinski definition) is 1. The molecular formula is C8H14N2O3S. The van der Waals surface area contributed by atoms with Gasteiger partial charge in [-0.2, -0.15) is 9.57 Å². The van der Waals surface area contributed by atoms with Crippen LogP contribution in [0.1, 0.15) is 19.8 Å². The Hall–Kier alpha value is -0.640. The van der Waals surface area contributed by atoms with E-state index >= 15 is 0 Å². The van der Waals surface area contributed by atoms with Gasteiger partial charge in [0, 0.05) is 13.1 Å². The molecule has 1 saturated heterocycles. The molecule has 5 nitrogen and oxygen atoms in total. The van der Waals surface area contributed by atoms with Crippen molar-refractivity contribution in [3.8, 4) is 6.07 Å². The molecule has 1 aliphatic rings. The van der Waals surface area contributed by atoms with Gasteiger partial charge >= 0.3 is 0 Å². The van der Waals surface area contributed by atoms with Crippen LogP contribution in [0.5, 0.6) is 0 Å². The van der Waals surface area contributed by atoms with Crippen molar-refractivity contribution >= 4 is 10.0 Å². The first-order valence-electron chi connectivity index (χ1n) is 4.55. The van der Waals surface area contributed by atoms with Crippen molar-refractivity contribution in [1.82, 2.24) is 4.31 Å². The van der Waals surface area contributed by atoms with Gasteiger partial charge < -0.3 is 5.11 Å². The van der Waals surface area contributed by atoms with Gasteiger partial charge in [-0.3, -0.25) is 0 Å². The maximum atomic E-state index is 11.7. The summed E-state index contributed by atoms with van der Waals surface area (Å²) in [6, 6.07) is 1.71. The highest BCUT2D eigenvalue weighted by molar-refractivity contribution is 7.89. The maximum absolute atomic E-state index is 11.7. The second-order valence-corrected chi connectivity index (χ2v) is 5.72. The fourth-order valence-corrected chi connectivity index (χ4v) is 2.79. The van der Waals surface area contributed by atoms with E-state index < -0.39 is 21.4 Å². The van der Waals surface area contributed by atoms with Crippen LogP contribution in [-0.4, -0.2) is 42.3 Å². The van der Waals surface area contributed by atoms with Gasteiger partial charge in [0.25, 0.3) is 0 Å². The Morgan fingerprint density at radius 3 is 2.79 bits per heavy atom. The SMILES string of the molecule is CC(C#N)S(=O)(=O)N1CCCC(O)C1. The minimum absolute atomic E-state index is 0.119. The summed E-state index contributed by atoms with van der Waals surface area (Å²) in [5.41, 5.74) is 0. The van der Waals surface area contributed by atoms with Gasteiger partial charge in [0.1, 0.15) is 0 Å². The molecule has 1 heterocycles. The first-order chi connectivity index (χ1) is 6.48. The molecular weight excluding hydrogens is 204 g/mol.